The van der Waals surface area contributed by atoms with Crippen LogP contribution in [0.25, 0.3) is 11.1 Å². The normalized spacial score (nSPS) is 11.1. The van der Waals surface area contributed by atoms with Crippen molar-refractivity contribution >= 4 is 11.9 Å². The Balaban J connectivity index is 1.67. The number of hydrogen-bond donors (Lipinski definition) is 0. The van der Waals surface area contributed by atoms with Crippen LogP contribution < -0.4 is 4.74 Å². The molecule has 3 aromatic carbocycles. The summed E-state index contributed by atoms with van der Waals surface area (Å²) < 4.78 is 60.0. The lowest BCUT2D eigenvalue weighted by molar-refractivity contribution is -0.161. The van der Waals surface area contributed by atoms with Gasteiger partial charge in [-0.1, -0.05) is 35.9 Å². The lowest BCUT2D eigenvalue weighted by atomic mass is 10.0. The molecule has 160 valence electrons. The molecule has 0 aliphatic rings. The minimum absolute atomic E-state index is 0.0145. The van der Waals surface area contributed by atoms with Crippen molar-refractivity contribution in [1.82, 2.24) is 0 Å². The number of carbonyl (C=O) groups is 2. The zero-order chi connectivity index (χ0) is 22.6. The van der Waals surface area contributed by atoms with Crippen molar-refractivity contribution in [2.24, 2.45) is 0 Å². The molecule has 3 rings (SSSR count). The van der Waals surface area contributed by atoms with Crippen molar-refractivity contribution in [3.8, 4) is 16.9 Å². The van der Waals surface area contributed by atoms with E-state index in [-0.39, 0.29) is 16.9 Å². The van der Waals surface area contributed by atoms with E-state index in [9.17, 15) is 27.2 Å². The summed E-state index contributed by atoms with van der Waals surface area (Å²) in [6, 6.07) is 16.2. The number of aryl methyl sites for hydroxylation is 1. The second kappa shape index (κ2) is 8.99. The maximum atomic E-state index is 14.5. The third-order valence-corrected chi connectivity index (χ3v) is 4.24. The highest BCUT2D eigenvalue weighted by Crippen LogP contribution is 2.24. The van der Waals surface area contributed by atoms with E-state index in [0.29, 0.717) is 5.56 Å². The molecule has 0 spiro atoms. The molecule has 0 N–H and O–H groups in total. The zero-order valence-corrected chi connectivity index (χ0v) is 16.2. The molecule has 3 aromatic rings. The molecule has 0 aliphatic carbocycles. The largest absolute Gasteiger partial charge is 0.452 e. The van der Waals surface area contributed by atoms with Gasteiger partial charge in [0.15, 0.2) is 6.61 Å². The predicted molar refractivity (Wildman–Crippen MR) is 104 cm³/mol. The standard InChI is InChI=1S/C23H16F4O4/c1-14-2-4-15(5-3-14)17-8-11-19(20(24)12-17)22(29)31-18-9-6-16(7-10-18)21(28)30-13-23(25,26)27/h2-12H,13H2,1H3. The molecular formula is C23H16F4O4. The van der Waals surface area contributed by atoms with Gasteiger partial charge in [0, 0.05) is 0 Å². The van der Waals surface area contributed by atoms with Crippen LogP contribution in [0.3, 0.4) is 0 Å². The lowest BCUT2D eigenvalue weighted by Gasteiger charge is -2.09. The van der Waals surface area contributed by atoms with E-state index in [2.05, 4.69) is 4.74 Å². The first-order chi connectivity index (χ1) is 14.6. The Labute approximate surface area is 175 Å². The maximum Gasteiger partial charge on any atom is 0.422 e. The molecule has 0 bridgehead atoms. The van der Waals surface area contributed by atoms with Gasteiger partial charge in [-0.3, -0.25) is 0 Å². The van der Waals surface area contributed by atoms with E-state index >= 15 is 0 Å². The first-order valence-corrected chi connectivity index (χ1v) is 9.05. The molecule has 0 saturated carbocycles. The molecule has 0 amide bonds. The van der Waals surface area contributed by atoms with Crippen LogP contribution in [0.5, 0.6) is 5.75 Å². The van der Waals surface area contributed by atoms with Crippen molar-refractivity contribution in [2.45, 2.75) is 13.1 Å². The Morgan fingerprint density at radius 1 is 0.839 bits per heavy atom. The fraction of sp³-hybridized carbons (Fsp3) is 0.130. The maximum absolute atomic E-state index is 14.5. The van der Waals surface area contributed by atoms with Crippen molar-refractivity contribution in [1.29, 1.82) is 0 Å². The van der Waals surface area contributed by atoms with Crippen LogP contribution in [0.4, 0.5) is 17.6 Å². The molecule has 0 fully saturated rings. The van der Waals surface area contributed by atoms with Gasteiger partial charge in [-0.05, 0) is 54.4 Å². The van der Waals surface area contributed by atoms with E-state index < -0.39 is 30.5 Å². The quantitative estimate of drug-likeness (QED) is 0.293. The first-order valence-electron chi connectivity index (χ1n) is 9.05. The molecule has 4 nitrogen and oxygen atoms in total. The number of esters is 2. The zero-order valence-electron chi connectivity index (χ0n) is 16.2. The third kappa shape index (κ3) is 5.91. The molecular weight excluding hydrogens is 416 g/mol. The molecule has 0 heterocycles. The number of halogens is 4. The van der Waals surface area contributed by atoms with Crippen molar-refractivity contribution in [3.05, 3.63) is 89.2 Å². The molecule has 8 heteroatoms. The Hall–Kier alpha value is -3.68. The van der Waals surface area contributed by atoms with Crippen molar-refractivity contribution in [3.63, 3.8) is 0 Å². The highest BCUT2D eigenvalue weighted by Gasteiger charge is 2.29. The average molecular weight is 432 g/mol. The van der Waals surface area contributed by atoms with Gasteiger partial charge in [-0.15, -0.1) is 0 Å². The topological polar surface area (TPSA) is 52.6 Å². The highest BCUT2D eigenvalue weighted by molar-refractivity contribution is 5.92. The minimum atomic E-state index is -4.63. The molecule has 31 heavy (non-hydrogen) atoms. The van der Waals surface area contributed by atoms with Crippen LogP contribution in [0.2, 0.25) is 0 Å². The summed E-state index contributed by atoms with van der Waals surface area (Å²) in [6.07, 6.45) is -4.63. The number of benzene rings is 3. The number of ether oxygens (including phenoxy) is 2. The Morgan fingerprint density at radius 2 is 1.45 bits per heavy atom. The summed E-state index contributed by atoms with van der Waals surface area (Å²) in [5.74, 6) is -2.91. The Morgan fingerprint density at radius 3 is 2.03 bits per heavy atom. The van der Waals surface area contributed by atoms with Crippen molar-refractivity contribution in [2.75, 3.05) is 6.61 Å². The Bertz CT molecular complexity index is 1090. The summed E-state index contributed by atoms with van der Waals surface area (Å²) in [4.78, 5) is 23.9. The van der Waals surface area contributed by atoms with Crippen molar-refractivity contribution < 1.29 is 36.6 Å². The van der Waals surface area contributed by atoms with Gasteiger partial charge >= 0.3 is 18.1 Å². The molecule has 0 atom stereocenters. The van der Waals surface area contributed by atoms with Crippen LogP contribution >= 0.6 is 0 Å². The monoisotopic (exact) mass is 432 g/mol. The predicted octanol–water partition coefficient (Wildman–Crippen LogP) is 5.74. The highest BCUT2D eigenvalue weighted by atomic mass is 19.4. The second-order valence-corrected chi connectivity index (χ2v) is 6.67. The van der Waals surface area contributed by atoms with Gasteiger partial charge in [0.05, 0.1) is 11.1 Å². The lowest BCUT2D eigenvalue weighted by Crippen LogP contribution is -2.20. The fourth-order valence-corrected chi connectivity index (χ4v) is 2.66. The van der Waals surface area contributed by atoms with Crippen LogP contribution in [0, 0.1) is 12.7 Å². The molecule has 0 aliphatic heterocycles. The van der Waals surface area contributed by atoms with Crippen LogP contribution in [0.15, 0.2) is 66.7 Å². The van der Waals surface area contributed by atoms with E-state index in [4.69, 9.17) is 4.74 Å². The molecule has 0 saturated heterocycles. The van der Waals surface area contributed by atoms with Gasteiger partial charge in [-0.2, -0.15) is 13.2 Å². The SMILES string of the molecule is Cc1ccc(-c2ccc(C(=O)Oc3ccc(C(=O)OCC(F)(F)F)cc3)c(F)c2)cc1. The smallest absolute Gasteiger partial charge is 0.422 e. The summed E-state index contributed by atoms with van der Waals surface area (Å²) in [6.45, 7) is 0.224. The minimum Gasteiger partial charge on any atom is -0.452 e. The summed E-state index contributed by atoms with van der Waals surface area (Å²) in [5.41, 5.74) is 2.00. The Kier molecular flexibility index (Phi) is 6.39. The van der Waals surface area contributed by atoms with Gasteiger partial charge in [0.2, 0.25) is 0 Å². The van der Waals surface area contributed by atoms with Gasteiger partial charge < -0.3 is 9.47 Å². The van der Waals surface area contributed by atoms with E-state index in [1.807, 2.05) is 31.2 Å². The third-order valence-electron chi connectivity index (χ3n) is 4.24. The number of alkyl halides is 3. The average Bonchev–Trinajstić information content (AvgIpc) is 2.72. The molecule has 0 aromatic heterocycles. The fourth-order valence-electron chi connectivity index (χ4n) is 2.66. The summed E-state index contributed by atoms with van der Waals surface area (Å²) in [5, 5.41) is 0. The number of rotatable bonds is 5. The van der Waals surface area contributed by atoms with Gasteiger partial charge in [0.1, 0.15) is 11.6 Å². The molecule has 0 unspecified atom stereocenters. The van der Waals surface area contributed by atoms with Crippen LogP contribution in [-0.2, 0) is 4.74 Å². The number of carbonyl (C=O) groups excluding carboxylic acids is 2. The van der Waals surface area contributed by atoms with E-state index in [1.54, 1.807) is 6.07 Å². The second-order valence-electron chi connectivity index (χ2n) is 6.67. The van der Waals surface area contributed by atoms with Gasteiger partial charge in [-0.25, -0.2) is 14.0 Å². The van der Waals surface area contributed by atoms with Crippen LogP contribution in [-0.4, -0.2) is 24.7 Å². The summed E-state index contributed by atoms with van der Waals surface area (Å²) >= 11 is 0. The van der Waals surface area contributed by atoms with Crippen LogP contribution in [0.1, 0.15) is 26.3 Å². The first kappa shape index (κ1) is 22.0. The van der Waals surface area contributed by atoms with Gasteiger partial charge in [0.25, 0.3) is 0 Å². The number of hydrogen-bond acceptors (Lipinski definition) is 4. The van der Waals surface area contributed by atoms with E-state index in [1.165, 1.54) is 24.3 Å². The summed E-state index contributed by atoms with van der Waals surface area (Å²) in [7, 11) is 0. The van der Waals surface area contributed by atoms with E-state index in [0.717, 1.165) is 23.3 Å². The molecule has 0 radical (unpaired) electrons.